The van der Waals surface area contributed by atoms with Gasteiger partial charge in [-0.2, -0.15) is 13.2 Å². The summed E-state index contributed by atoms with van der Waals surface area (Å²) in [4.78, 5) is 18.0. The Hall–Kier alpha value is -3.66. The Balaban J connectivity index is 1.36. The van der Waals surface area contributed by atoms with Gasteiger partial charge in [0.25, 0.3) is 5.91 Å². The summed E-state index contributed by atoms with van der Waals surface area (Å²) in [6.45, 7) is 3.75. The minimum Gasteiger partial charge on any atom is -0.348 e. The van der Waals surface area contributed by atoms with Crippen LogP contribution < -0.4 is 5.32 Å². The van der Waals surface area contributed by atoms with Crippen LogP contribution in [0.2, 0.25) is 0 Å². The molecular formula is C29H28F3N3O3S. The summed E-state index contributed by atoms with van der Waals surface area (Å²) in [6.07, 6.45) is -2.39. The highest BCUT2D eigenvalue weighted by molar-refractivity contribution is 7.91. The molecule has 3 aromatic carbocycles. The van der Waals surface area contributed by atoms with Gasteiger partial charge in [-0.25, -0.2) is 13.4 Å². The number of benzene rings is 3. The van der Waals surface area contributed by atoms with Gasteiger partial charge in [0.2, 0.25) is 0 Å². The van der Waals surface area contributed by atoms with E-state index in [4.69, 9.17) is 4.98 Å². The zero-order valence-electron chi connectivity index (χ0n) is 21.5. The molecule has 10 heteroatoms. The van der Waals surface area contributed by atoms with E-state index in [1.165, 1.54) is 24.3 Å². The van der Waals surface area contributed by atoms with Crippen LogP contribution in [0.4, 0.5) is 13.2 Å². The van der Waals surface area contributed by atoms with Crippen LogP contribution in [0.3, 0.4) is 0 Å². The van der Waals surface area contributed by atoms with E-state index in [1.54, 1.807) is 31.2 Å². The van der Waals surface area contributed by atoms with Crippen LogP contribution >= 0.6 is 0 Å². The van der Waals surface area contributed by atoms with Crippen molar-refractivity contribution in [3.63, 3.8) is 0 Å². The van der Waals surface area contributed by atoms with Crippen LogP contribution in [0.25, 0.3) is 11.0 Å². The summed E-state index contributed by atoms with van der Waals surface area (Å²) in [5, 5.41) is 2.86. The maximum Gasteiger partial charge on any atom is 0.416 e. The molecule has 0 aliphatic heterocycles. The van der Waals surface area contributed by atoms with Gasteiger partial charge in [0.05, 0.1) is 27.2 Å². The van der Waals surface area contributed by atoms with E-state index in [1.807, 2.05) is 13.0 Å². The molecule has 1 fully saturated rings. The number of imidazole rings is 1. The number of hydrogen-bond acceptors (Lipinski definition) is 4. The normalized spacial score (nSPS) is 14.9. The largest absolute Gasteiger partial charge is 0.416 e. The molecule has 1 N–H and O–H groups in total. The number of nitrogens with one attached hydrogen (secondary N) is 1. The molecule has 1 aliphatic carbocycles. The monoisotopic (exact) mass is 555 g/mol. The van der Waals surface area contributed by atoms with Crippen molar-refractivity contribution in [1.29, 1.82) is 0 Å². The van der Waals surface area contributed by atoms with Crippen molar-refractivity contribution in [3.8, 4) is 0 Å². The van der Waals surface area contributed by atoms with E-state index in [0.29, 0.717) is 11.1 Å². The van der Waals surface area contributed by atoms with Gasteiger partial charge in [-0.3, -0.25) is 4.79 Å². The van der Waals surface area contributed by atoms with Crippen molar-refractivity contribution >= 4 is 26.8 Å². The Bertz CT molecular complexity index is 1620. The van der Waals surface area contributed by atoms with Crippen LogP contribution in [0.5, 0.6) is 0 Å². The lowest BCUT2D eigenvalue weighted by Crippen LogP contribution is -2.22. The third-order valence-electron chi connectivity index (χ3n) is 7.13. The molecule has 0 spiro atoms. The standard InChI is InChI=1S/C29H28F3N3O3S/c1-3-39(37,38)24-13-4-19(5-14-24)17-33-28(36)21-8-15-26-25(16-21)34-27(35(26)23-11-12-23)18(2)20-6-9-22(10-7-20)29(30,31)32/h4-10,13-16,18,23H,3,11-12,17H2,1-2H3,(H,33,36)/t18-/m1/s1. The minimum absolute atomic E-state index is 0.0207. The van der Waals surface area contributed by atoms with Crippen LogP contribution in [-0.4, -0.2) is 29.6 Å². The molecule has 6 nitrogen and oxygen atoms in total. The molecule has 0 unspecified atom stereocenters. The van der Waals surface area contributed by atoms with Crippen LogP contribution in [-0.2, 0) is 22.6 Å². The number of aromatic nitrogens is 2. The predicted octanol–water partition coefficient (Wildman–Crippen LogP) is 6.27. The molecule has 1 atom stereocenters. The Labute approximate surface area is 224 Å². The SMILES string of the molecule is CCS(=O)(=O)c1ccc(CNC(=O)c2ccc3c(c2)nc([C@H](C)c2ccc(C(F)(F)F)cc2)n3C2CC2)cc1. The van der Waals surface area contributed by atoms with E-state index in [0.717, 1.165) is 47.4 Å². The summed E-state index contributed by atoms with van der Waals surface area (Å²) < 4.78 is 65.2. The number of sulfone groups is 1. The number of carbonyl (C=O) groups excluding carboxylic acids is 1. The van der Waals surface area contributed by atoms with E-state index in [2.05, 4.69) is 9.88 Å². The molecule has 39 heavy (non-hydrogen) atoms. The van der Waals surface area contributed by atoms with Gasteiger partial charge in [0.15, 0.2) is 9.84 Å². The van der Waals surface area contributed by atoms with Gasteiger partial charge < -0.3 is 9.88 Å². The number of alkyl halides is 3. The van der Waals surface area contributed by atoms with Crippen molar-refractivity contribution in [2.45, 2.75) is 56.3 Å². The van der Waals surface area contributed by atoms with Crippen molar-refractivity contribution in [3.05, 3.63) is 94.8 Å². The maximum absolute atomic E-state index is 13.0. The quantitative estimate of drug-likeness (QED) is 0.278. The Morgan fingerprint density at radius 3 is 2.31 bits per heavy atom. The molecule has 0 saturated heterocycles. The molecule has 1 aliphatic rings. The molecule has 1 amide bonds. The second kappa shape index (κ2) is 10.1. The number of nitrogens with zero attached hydrogens (tertiary/aromatic N) is 2. The first-order valence-corrected chi connectivity index (χ1v) is 14.4. The lowest BCUT2D eigenvalue weighted by molar-refractivity contribution is -0.137. The third kappa shape index (κ3) is 5.56. The maximum atomic E-state index is 13.0. The summed E-state index contributed by atoms with van der Waals surface area (Å²) >= 11 is 0. The smallest absolute Gasteiger partial charge is 0.348 e. The van der Waals surface area contributed by atoms with Gasteiger partial charge in [0, 0.05) is 24.1 Å². The average Bonchev–Trinajstić information content (AvgIpc) is 3.70. The highest BCUT2D eigenvalue weighted by atomic mass is 32.2. The number of fused-ring (bicyclic) bond motifs is 1. The summed E-state index contributed by atoms with van der Waals surface area (Å²) in [5.41, 5.74) is 2.78. The van der Waals surface area contributed by atoms with E-state index in [-0.39, 0.29) is 35.1 Å². The number of rotatable bonds is 8. The van der Waals surface area contributed by atoms with E-state index >= 15 is 0 Å². The minimum atomic E-state index is -4.39. The third-order valence-corrected chi connectivity index (χ3v) is 8.88. The highest BCUT2D eigenvalue weighted by Gasteiger charge is 2.32. The molecule has 0 bridgehead atoms. The zero-order valence-corrected chi connectivity index (χ0v) is 22.3. The first-order valence-electron chi connectivity index (χ1n) is 12.8. The van der Waals surface area contributed by atoms with Crippen LogP contribution in [0, 0.1) is 0 Å². The van der Waals surface area contributed by atoms with Crippen molar-refractivity contribution in [2.24, 2.45) is 0 Å². The second-order valence-corrected chi connectivity index (χ2v) is 12.1. The molecule has 4 aromatic rings. The Morgan fingerprint density at radius 2 is 1.72 bits per heavy atom. The summed E-state index contributed by atoms with van der Waals surface area (Å²) in [6, 6.07) is 17.2. The number of amides is 1. The number of halogens is 3. The topological polar surface area (TPSA) is 81.1 Å². The molecule has 5 rings (SSSR count). The predicted molar refractivity (Wildman–Crippen MR) is 142 cm³/mol. The zero-order chi connectivity index (χ0) is 27.9. The fourth-order valence-electron chi connectivity index (χ4n) is 4.66. The summed E-state index contributed by atoms with van der Waals surface area (Å²) in [5.74, 6) is 0.247. The Morgan fingerprint density at radius 1 is 1.05 bits per heavy atom. The van der Waals surface area contributed by atoms with Gasteiger partial charge >= 0.3 is 6.18 Å². The van der Waals surface area contributed by atoms with E-state index in [9.17, 15) is 26.4 Å². The van der Waals surface area contributed by atoms with Crippen LogP contribution in [0.1, 0.15) is 71.5 Å². The summed E-state index contributed by atoms with van der Waals surface area (Å²) in [7, 11) is -3.29. The van der Waals surface area contributed by atoms with Crippen molar-refractivity contribution in [2.75, 3.05) is 5.75 Å². The van der Waals surface area contributed by atoms with Gasteiger partial charge in [-0.05, 0) is 66.4 Å². The average molecular weight is 556 g/mol. The number of hydrogen-bond donors (Lipinski definition) is 1. The van der Waals surface area contributed by atoms with Crippen LogP contribution in [0.15, 0.2) is 71.6 Å². The van der Waals surface area contributed by atoms with Crippen molar-refractivity contribution < 1.29 is 26.4 Å². The first kappa shape index (κ1) is 26.9. The second-order valence-electron chi connectivity index (χ2n) is 9.85. The molecule has 1 heterocycles. The number of carbonyl (C=O) groups is 1. The lowest BCUT2D eigenvalue weighted by Gasteiger charge is -2.16. The first-order chi connectivity index (χ1) is 18.5. The van der Waals surface area contributed by atoms with Gasteiger partial charge in [-0.1, -0.05) is 38.1 Å². The van der Waals surface area contributed by atoms with Crippen molar-refractivity contribution in [1.82, 2.24) is 14.9 Å². The fraction of sp³-hybridized carbons (Fsp3) is 0.310. The molecule has 1 aromatic heterocycles. The molecular weight excluding hydrogens is 527 g/mol. The van der Waals surface area contributed by atoms with Gasteiger partial charge in [-0.15, -0.1) is 0 Å². The highest BCUT2D eigenvalue weighted by Crippen LogP contribution is 2.41. The molecule has 204 valence electrons. The van der Waals surface area contributed by atoms with E-state index < -0.39 is 21.6 Å². The Kier molecular flexibility index (Phi) is 7.00. The fourth-order valence-corrected chi connectivity index (χ4v) is 5.54. The lowest BCUT2D eigenvalue weighted by atomic mass is 9.99. The van der Waals surface area contributed by atoms with Gasteiger partial charge in [0.1, 0.15) is 5.82 Å². The molecule has 1 saturated carbocycles. The molecule has 0 radical (unpaired) electrons.